The van der Waals surface area contributed by atoms with Crippen LogP contribution in [-0.4, -0.2) is 166 Å². The first-order chi connectivity index (χ1) is 40.0. The Morgan fingerprint density at radius 3 is 2.22 bits per heavy atom. The van der Waals surface area contributed by atoms with Crippen molar-refractivity contribution in [3.8, 4) is 33.5 Å². The Labute approximate surface area is 484 Å². The van der Waals surface area contributed by atoms with Gasteiger partial charge in [0.15, 0.2) is 18.3 Å². The molecule has 3 aromatic carbocycles. The van der Waals surface area contributed by atoms with E-state index in [-0.39, 0.29) is 84.0 Å². The number of β-amino-alcohol motifs (C(OH)–C–C–N with tert-alkyl or cyclic N) is 1. The largest absolute Gasteiger partial charge is 0.496 e. The number of methoxy groups -OCH3 is 1. The Hall–Kier alpha value is -8.43. The highest BCUT2D eigenvalue weighted by Crippen LogP contribution is 2.29. The number of rotatable bonds is 30. The summed E-state index contributed by atoms with van der Waals surface area (Å²) < 4.78 is 29.4. The van der Waals surface area contributed by atoms with Crippen molar-refractivity contribution < 1.29 is 57.6 Å². The molecule has 25 nitrogen and oxygen atoms in total. The molecule has 1 aliphatic rings. The first-order valence-electron chi connectivity index (χ1n) is 26.9. The predicted molar refractivity (Wildman–Crippen MR) is 306 cm³/mol. The smallest absolute Gasteiger partial charge is 0.258 e. The topological polar surface area (TPSA) is 314 Å². The lowest BCUT2D eigenvalue weighted by Crippen LogP contribution is -2.58. The van der Waals surface area contributed by atoms with Gasteiger partial charge in [0.25, 0.3) is 11.8 Å². The average molecular weight is 1160 g/mol. The van der Waals surface area contributed by atoms with Gasteiger partial charge in [0.05, 0.1) is 62.3 Å². The summed E-state index contributed by atoms with van der Waals surface area (Å²) >= 11 is 1.55. The van der Waals surface area contributed by atoms with Gasteiger partial charge in [-0.05, 0) is 59.9 Å². The van der Waals surface area contributed by atoms with E-state index < -0.39 is 60.4 Å². The molecule has 0 unspecified atom stereocenters. The number of carbonyl (C=O) groups is 6. The Kier molecular flexibility index (Phi) is 22.9. The zero-order valence-corrected chi connectivity index (χ0v) is 48.1. The third-order valence-electron chi connectivity index (χ3n) is 13.1. The second-order valence-electron chi connectivity index (χ2n) is 20.3. The van der Waals surface area contributed by atoms with Crippen molar-refractivity contribution in [2.45, 2.75) is 71.9 Å². The van der Waals surface area contributed by atoms with E-state index in [0.717, 1.165) is 27.4 Å². The minimum atomic E-state index is -1.06. The van der Waals surface area contributed by atoms with Crippen LogP contribution in [0.2, 0.25) is 0 Å². The lowest BCUT2D eigenvalue weighted by Gasteiger charge is -2.35. The molecule has 26 heteroatoms. The van der Waals surface area contributed by atoms with Gasteiger partial charge >= 0.3 is 0 Å². The molecule has 3 aromatic heterocycles. The molecule has 6 amide bonds. The second-order valence-corrected chi connectivity index (χ2v) is 21.2. The molecule has 7 N–H and O–H groups in total. The Balaban J connectivity index is 0.705. The molecule has 83 heavy (non-hydrogen) atoms. The monoisotopic (exact) mass is 1160 g/mol. The molecule has 1 aliphatic heterocycles. The first kappa shape index (κ1) is 62.2. The number of nitrogens with one attached hydrogen (secondary N) is 6. The van der Waals surface area contributed by atoms with Gasteiger partial charge in [-0.25, -0.2) is 15.0 Å². The molecule has 442 valence electrons. The molecule has 0 saturated carbocycles. The molecular weight excluding hydrogens is 1090 g/mol. The lowest BCUT2D eigenvalue weighted by atomic mass is 9.85. The lowest BCUT2D eigenvalue weighted by molar-refractivity contribution is -0.145. The van der Waals surface area contributed by atoms with E-state index in [9.17, 15) is 33.9 Å². The van der Waals surface area contributed by atoms with E-state index in [0.29, 0.717) is 46.5 Å². The van der Waals surface area contributed by atoms with Crippen molar-refractivity contribution in [2.24, 2.45) is 12.5 Å². The second kappa shape index (κ2) is 30.6. The van der Waals surface area contributed by atoms with Crippen LogP contribution in [0.5, 0.6) is 11.5 Å². The maximum absolute atomic E-state index is 14.0. The summed E-state index contributed by atoms with van der Waals surface area (Å²) in [4.78, 5) is 93.3. The van der Waals surface area contributed by atoms with Crippen LogP contribution in [0.15, 0.2) is 90.8 Å². The van der Waals surface area contributed by atoms with Crippen molar-refractivity contribution in [2.75, 3.05) is 78.3 Å². The molecule has 7 rings (SSSR count). The fourth-order valence-electron chi connectivity index (χ4n) is 8.67. The van der Waals surface area contributed by atoms with Crippen molar-refractivity contribution in [1.29, 1.82) is 0 Å². The van der Waals surface area contributed by atoms with Gasteiger partial charge in [0.2, 0.25) is 23.6 Å². The number of anilines is 1. The van der Waals surface area contributed by atoms with Gasteiger partial charge in [0.1, 0.15) is 48.8 Å². The molecule has 6 aromatic rings. The zero-order chi connectivity index (χ0) is 59.3. The number of ether oxygens (including phenoxy) is 5. The number of likely N-dealkylation sites (tertiary alicyclic amines) is 1. The highest BCUT2D eigenvalue weighted by atomic mass is 32.1. The molecule has 0 bridgehead atoms. The van der Waals surface area contributed by atoms with Crippen molar-refractivity contribution in [3.05, 3.63) is 119 Å². The molecule has 0 radical (unpaired) electrons. The van der Waals surface area contributed by atoms with Gasteiger partial charge in [-0.2, -0.15) is 0 Å². The van der Waals surface area contributed by atoms with Gasteiger partial charge in [-0.15, -0.1) is 21.5 Å². The summed E-state index contributed by atoms with van der Waals surface area (Å²) in [6.07, 6.45) is 2.22. The van der Waals surface area contributed by atoms with Gasteiger partial charge in [-0.1, -0.05) is 51.1 Å². The van der Waals surface area contributed by atoms with Crippen molar-refractivity contribution >= 4 is 52.5 Å². The normalized spacial score (nSPS) is 14.3. The number of amides is 6. The van der Waals surface area contributed by atoms with Gasteiger partial charge in [-0.3, -0.25) is 28.8 Å². The molecule has 1 fully saturated rings. The van der Waals surface area contributed by atoms with Crippen LogP contribution in [0.1, 0.15) is 60.2 Å². The maximum atomic E-state index is 14.0. The molecule has 4 heterocycles. The van der Waals surface area contributed by atoms with Crippen LogP contribution in [0, 0.1) is 12.3 Å². The summed E-state index contributed by atoms with van der Waals surface area (Å²) in [6.45, 7) is 8.03. The quantitative estimate of drug-likeness (QED) is 0.0319. The predicted octanol–water partition coefficient (Wildman–Crippen LogP) is 2.72. The summed E-state index contributed by atoms with van der Waals surface area (Å²) in [6, 6.07) is 19.7. The van der Waals surface area contributed by atoms with Gasteiger partial charge in [0, 0.05) is 75.3 Å². The maximum Gasteiger partial charge on any atom is 0.258 e. The van der Waals surface area contributed by atoms with E-state index in [1.54, 1.807) is 86.3 Å². The van der Waals surface area contributed by atoms with Crippen LogP contribution in [0.3, 0.4) is 0 Å². The zero-order valence-electron chi connectivity index (χ0n) is 47.3. The molecule has 3 atom stereocenters. The van der Waals surface area contributed by atoms with Crippen LogP contribution < -0.4 is 41.4 Å². The van der Waals surface area contributed by atoms with Crippen LogP contribution in [-0.2, 0) is 64.9 Å². The van der Waals surface area contributed by atoms with E-state index in [1.807, 2.05) is 48.9 Å². The number of carbonyl (C=O) groups excluding carboxylic acids is 6. The fraction of sp³-hybridized carbons (Fsp3) is 0.421. The van der Waals surface area contributed by atoms with Crippen molar-refractivity contribution in [3.63, 3.8) is 0 Å². The summed E-state index contributed by atoms with van der Waals surface area (Å²) in [7, 11) is 3.35. The minimum absolute atomic E-state index is 0.0487. The summed E-state index contributed by atoms with van der Waals surface area (Å²) in [5.41, 5.74) is 6.37. The number of aliphatic hydroxyl groups is 1. The first-order valence-corrected chi connectivity index (χ1v) is 27.7. The van der Waals surface area contributed by atoms with Crippen LogP contribution in [0.25, 0.3) is 22.0 Å². The van der Waals surface area contributed by atoms with Crippen LogP contribution >= 0.6 is 11.3 Å². The number of thiazole rings is 1. The SMILES string of the molecule is COc1cc(OCC(=O)NCCOCCOCCNC(=O)COCC(=O)N[C@H](C(=O)N2C[C@H](O)C[C@H]2C(=O)NCc2ccc(-c3scnc3C)cc2)C(C)(C)C)ccc1CNC(=O)c1cccc(NCc2nnc(-c3ccncn3)n2C)c1. The minimum Gasteiger partial charge on any atom is -0.496 e. The number of nitrogens with zero attached hydrogens (tertiary/aromatic N) is 7. The highest BCUT2D eigenvalue weighted by Gasteiger charge is 2.44. The molecule has 0 aliphatic carbocycles. The van der Waals surface area contributed by atoms with Crippen LogP contribution in [0.4, 0.5) is 5.69 Å². The Bertz CT molecular complexity index is 3140. The fourth-order valence-corrected chi connectivity index (χ4v) is 9.48. The number of hydrogen-bond acceptors (Lipinski definition) is 19. The molecular formula is C57H71N13O12S. The highest BCUT2D eigenvalue weighted by molar-refractivity contribution is 7.13. The molecule has 1 saturated heterocycles. The third-order valence-corrected chi connectivity index (χ3v) is 14.1. The number of aliphatic hydroxyl groups excluding tert-OH is 1. The summed E-state index contributed by atoms with van der Waals surface area (Å²) in [5, 5.41) is 36.2. The van der Waals surface area contributed by atoms with E-state index in [1.165, 1.54) is 18.3 Å². The van der Waals surface area contributed by atoms with E-state index >= 15 is 0 Å². The standard InChI is InChI=1S/C57H71N13O12S/c1-36-51(83-35-65-36)38-12-10-37(11-13-38)27-62-55(76)45-25-42(71)30-70(45)56(77)52(57(2,3)4)66-50(74)32-81-31-48(72)59-18-20-79-22-23-80-21-19-60-49(73)33-82-43-15-14-40(46(26-43)78-6)28-63-54(75)39-8-7-9-41(24-39)61-29-47-67-68-53(69(47)5)44-16-17-58-34-64-44/h7-17,24,26,34-35,42,45,52,61,71H,18-23,25,27-33H2,1-6H3,(H,59,72)(H,60,73)(H,62,76)(H,63,75)(H,66,74)/t42-,45+,52-/m1/s1. The van der Waals surface area contributed by atoms with E-state index in [2.05, 4.69) is 57.1 Å². The Morgan fingerprint density at radius 2 is 1.53 bits per heavy atom. The number of aromatic nitrogens is 6. The number of hydrogen-bond donors (Lipinski definition) is 7. The van der Waals surface area contributed by atoms with Crippen molar-refractivity contribution in [1.82, 2.24) is 61.2 Å². The number of benzene rings is 3. The summed E-state index contributed by atoms with van der Waals surface area (Å²) in [5.74, 6) is -0.557. The Morgan fingerprint density at radius 1 is 0.795 bits per heavy atom. The molecule has 0 spiro atoms. The van der Waals surface area contributed by atoms with E-state index in [4.69, 9.17) is 23.7 Å². The third kappa shape index (κ3) is 18.5. The average Bonchev–Trinajstić information content (AvgIpc) is 4.42. The number of aryl methyl sites for hydroxylation is 1. The van der Waals surface area contributed by atoms with Gasteiger partial charge < -0.3 is 70.2 Å².